The minimum atomic E-state index is -0.411. The van der Waals surface area contributed by atoms with Crippen LogP contribution in [0.15, 0.2) is 97.1 Å². The molecule has 4 nitrogen and oxygen atoms in total. The van der Waals surface area contributed by atoms with Crippen molar-refractivity contribution in [2.24, 2.45) is 0 Å². The van der Waals surface area contributed by atoms with Gasteiger partial charge in [-0.05, 0) is 46.5 Å². The molecule has 0 aliphatic rings. The van der Waals surface area contributed by atoms with Crippen LogP contribution in [0.1, 0.15) is 11.1 Å². The molecule has 0 spiro atoms. The van der Waals surface area contributed by atoms with Crippen molar-refractivity contribution < 1.29 is 10.0 Å². The molecule has 0 aliphatic heterocycles. The van der Waals surface area contributed by atoms with Gasteiger partial charge in [0.2, 0.25) is 0 Å². The van der Waals surface area contributed by atoms with E-state index in [4.69, 9.17) is 0 Å². The number of phenolic OH excluding ortho intramolecular Hbond substituents is 1. The molecule has 0 saturated heterocycles. The molecule has 4 rings (SSSR count). The zero-order valence-electron chi connectivity index (χ0n) is 16.1. The molecule has 0 amide bonds. The summed E-state index contributed by atoms with van der Waals surface area (Å²) in [6.45, 7) is 0. The van der Waals surface area contributed by atoms with Gasteiger partial charge in [-0.25, -0.2) is 0 Å². The second-order valence-corrected chi connectivity index (χ2v) is 6.88. The van der Waals surface area contributed by atoms with E-state index in [1.165, 1.54) is 12.1 Å². The van der Waals surface area contributed by atoms with Crippen molar-refractivity contribution in [1.82, 2.24) is 0 Å². The number of non-ortho nitro benzene ring substituents is 1. The van der Waals surface area contributed by atoms with Crippen LogP contribution in [0.4, 0.5) is 5.69 Å². The van der Waals surface area contributed by atoms with Crippen LogP contribution in [0.3, 0.4) is 0 Å². The molecule has 0 aromatic heterocycles. The highest BCUT2D eigenvalue weighted by Gasteiger charge is 2.12. The van der Waals surface area contributed by atoms with Gasteiger partial charge in [-0.15, -0.1) is 0 Å². The molecule has 30 heavy (non-hydrogen) atoms. The van der Waals surface area contributed by atoms with Crippen LogP contribution < -0.4 is 0 Å². The number of phenols is 1. The summed E-state index contributed by atoms with van der Waals surface area (Å²) in [7, 11) is 0. The maximum Gasteiger partial charge on any atom is 0.269 e. The van der Waals surface area contributed by atoms with E-state index in [1.54, 1.807) is 12.1 Å². The standard InChI is InChI=1S/C26H19NO3/c28-26-24(21-7-3-1-4-8-21)17-20(18-25(26)22-9-5-2-6-10-22)12-11-19-13-15-23(16-14-19)27(29)30/h1-18,28H/b12-11+. The Kier molecular flexibility index (Phi) is 5.39. The molecule has 0 aliphatic carbocycles. The highest BCUT2D eigenvalue weighted by molar-refractivity contribution is 5.86. The number of aromatic hydroxyl groups is 1. The summed E-state index contributed by atoms with van der Waals surface area (Å²) in [5, 5.41) is 21.8. The lowest BCUT2D eigenvalue weighted by Gasteiger charge is -2.12. The summed E-state index contributed by atoms with van der Waals surface area (Å²) in [4.78, 5) is 10.4. The number of hydrogen-bond acceptors (Lipinski definition) is 3. The molecule has 4 aromatic carbocycles. The Balaban J connectivity index is 1.78. The van der Waals surface area contributed by atoms with Crippen molar-refractivity contribution in [3.05, 3.63) is 118 Å². The Bertz CT molecular complexity index is 1140. The Morgan fingerprint density at radius 2 is 1.13 bits per heavy atom. The second-order valence-electron chi connectivity index (χ2n) is 6.88. The van der Waals surface area contributed by atoms with Crippen LogP contribution in [0.5, 0.6) is 5.75 Å². The number of nitro benzene ring substituents is 1. The molecule has 0 unspecified atom stereocenters. The van der Waals surface area contributed by atoms with Gasteiger partial charge in [-0.3, -0.25) is 10.1 Å². The predicted molar refractivity (Wildman–Crippen MR) is 121 cm³/mol. The van der Waals surface area contributed by atoms with Crippen LogP contribution in [0.2, 0.25) is 0 Å². The number of nitrogens with zero attached hydrogens (tertiary/aromatic N) is 1. The topological polar surface area (TPSA) is 63.4 Å². The van der Waals surface area contributed by atoms with Crippen molar-refractivity contribution in [3.8, 4) is 28.0 Å². The molecule has 0 fully saturated rings. The normalized spacial score (nSPS) is 10.9. The van der Waals surface area contributed by atoms with Crippen molar-refractivity contribution >= 4 is 17.8 Å². The lowest BCUT2D eigenvalue weighted by atomic mass is 9.94. The van der Waals surface area contributed by atoms with Crippen molar-refractivity contribution in [2.75, 3.05) is 0 Å². The number of hydrogen-bond donors (Lipinski definition) is 1. The molecule has 0 atom stereocenters. The summed E-state index contributed by atoms with van der Waals surface area (Å²) in [6.07, 6.45) is 3.85. The first kappa shape index (κ1) is 19.2. The fraction of sp³-hybridized carbons (Fsp3) is 0. The third kappa shape index (κ3) is 4.13. The molecular weight excluding hydrogens is 374 g/mol. The van der Waals surface area contributed by atoms with Crippen LogP contribution in [-0.2, 0) is 0 Å². The Hall–Kier alpha value is -4.18. The van der Waals surface area contributed by atoms with Crippen molar-refractivity contribution in [1.29, 1.82) is 0 Å². The van der Waals surface area contributed by atoms with Gasteiger partial charge in [0.15, 0.2) is 0 Å². The summed E-state index contributed by atoms with van der Waals surface area (Å²) in [5.74, 6) is 0.236. The maximum atomic E-state index is 11.0. The Labute approximate surface area is 174 Å². The molecule has 0 bridgehead atoms. The smallest absolute Gasteiger partial charge is 0.269 e. The van der Waals surface area contributed by atoms with Crippen LogP contribution >= 0.6 is 0 Å². The lowest BCUT2D eigenvalue weighted by Crippen LogP contribution is -1.87. The van der Waals surface area contributed by atoms with Crippen LogP contribution in [0.25, 0.3) is 34.4 Å². The minimum Gasteiger partial charge on any atom is -0.507 e. The van der Waals surface area contributed by atoms with E-state index in [1.807, 2.05) is 84.9 Å². The zero-order chi connectivity index (χ0) is 20.9. The molecule has 0 saturated carbocycles. The van der Waals surface area contributed by atoms with Gasteiger partial charge in [-0.1, -0.05) is 72.8 Å². The number of nitro groups is 1. The molecule has 1 N–H and O–H groups in total. The van der Waals surface area contributed by atoms with Gasteiger partial charge in [-0.2, -0.15) is 0 Å². The molecule has 0 heterocycles. The maximum absolute atomic E-state index is 11.0. The Morgan fingerprint density at radius 1 is 0.667 bits per heavy atom. The first-order valence-corrected chi connectivity index (χ1v) is 9.52. The van der Waals surface area contributed by atoms with Gasteiger partial charge >= 0.3 is 0 Å². The monoisotopic (exact) mass is 393 g/mol. The fourth-order valence-electron chi connectivity index (χ4n) is 3.33. The molecule has 4 heteroatoms. The highest BCUT2D eigenvalue weighted by Crippen LogP contribution is 2.39. The molecule has 146 valence electrons. The predicted octanol–water partition coefficient (Wildman–Crippen LogP) is 6.80. The Morgan fingerprint density at radius 3 is 1.60 bits per heavy atom. The largest absolute Gasteiger partial charge is 0.507 e. The van der Waals surface area contributed by atoms with E-state index in [9.17, 15) is 15.2 Å². The van der Waals surface area contributed by atoms with Gasteiger partial charge in [0.1, 0.15) is 5.75 Å². The third-order valence-corrected chi connectivity index (χ3v) is 4.87. The minimum absolute atomic E-state index is 0.0644. The van der Waals surface area contributed by atoms with E-state index in [0.29, 0.717) is 0 Å². The number of benzene rings is 4. The summed E-state index contributed by atoms with van der Waals surface area (Å²) in [6, 6.07) is 29.8. The van der Waals surface area contributed by atoms with E-state index >= 15 is 0 Å². The summed E-state index contributed by atoms with van der Waals surface area (Å²) >= 11 is 0. The zero-order valence-corrected chi connectivity index (χ0v) is 16.1. The third-order valence-electron chi connectivity index (χ3n) is 4.87. The van der Waals surface area contributed by atoms with Gasteiger partial charge < -0.3 is 5.11 Å². The van der Waals surface area contributed by atoms with Crippen molar-refractivity contribution in [2.45, 2.75) is 0 Å². The first-order valence-electron chi connectivity index (χ1n) is 9.52. The lowest BCUT2D eigenvalue weighted by molar-refractivity contribution is -0.384. The number of rotatable bonds is 5. The summed E-state index contributed by atoms with van der Waals surface area (Å²) < 4.78 is 0. The second kappa shape index (κ2) is 8.45. The highest BCUT2D eigenvalue weighted by atomic mass is 16.6. The van der Waals surface area contributed by atoms with Gasteiger partial charge in [0, 0.05) is 23.3 Å². The quantitative estimate of drug-likeness (QED) is 0.230. The van der Waals surface area contributed by atoms with Crippen LogP contribution in [0, 0.1) is 10.1 Å². The average Bonchev–Trinajstić information content (AvgIpc) is 2.80. The molecular formula is C26H19NO3. The van der Waals surface area contributed by atoms with E-state index in [2.05, 4.69) is 0 Å². The summed E-state index contributed by atoms with van der Waals surface area (Å²) in [5.41, 5.74) is 5.20. The average molecular weight is 393 g/mol. The van der Waals surface area contributed by atoms with E-state index in [-0.39, 0.29) is 11.4 Å². The van der Waals surface area contributed by atoms with E-state index < -0.39 is 4.92 Å². The SMILES string of the molecule is O=[N+]([O-])c1ccc(/C=C/c2cc(-c3ccccc3)c(O)c(-c3ccccc3)c2)cc1. The fourth-order valence-corrected chi connectivity index (χ4v) is 3.33. The first-order chi connectivity index (χ1) is 14.6. The van der Waals surface area contributed by atoms with Gasteiger partial charge in [0.05, 0.1) is 4.92 Å². The molecule has 0 radical (unpaired) electrons. The van der Waals surface area contributed by atoms with E-state index in [0.717, 1.165) is 33.4 Å². The van der Waals surface area contributed by atoms with Crippen LogP contribution in [-0.4, -0.2) is 10.0 Å². The van der Waals surface area contributed by atoms with Gasteiger partial charge in [0.25, 0.3) is 5.69 Å². The van der Waals surface area contributed by atoms with Crippen molar-refractivity contribution in [3.63, 3.8) is 0 Å². The molecule has 4 aromatic rings.